The second kappa shape index (κ2) is 9.48. The number of aromatic amines is 1. The Morgan fingerprint density at radius 1 is 0.970 bits per heavy atom. The lowest BCUT2D eigenvalue weighted by molar-refractivity contribution is -0.111. The second-order valence-corrected chi connectivity index (χ2v) is 7.44. The van der Waals surface area contributed by atoms with Crippen LogP contribution in [0.3, 0.4) is 0 Å². The van der Waals surface area contributed by atoms with E-state index in [2.05, 4.69) is 15.3 Å². The zero-order chi connectivity index (χ0) is 23.4. The van der Waals surface area contributed by atoms with E-state index >= 15 is 0 Å². The molecule has 0 saturated carbocycles. The molecule has 1 heterocycles. The number of aromatic nitrogens is 2. The molecule has 0 atom stereocenters. The lowest BCUT2D eigenvalue weighted by atomic mass is 10.1. The Hall–Kier alpha value is -4.26. The van der Waals surface area contributed by atoms with E-state index in [1.54, 1.807) is 27.4 Å². The quantitative estimate of drug-likeness (QED) is 0.383. The maximum atomic E-state index is 12.5. The number of imidazole rings is 1. The third-order valence-corrected chi connectivity index (χ3v) is 5.28. The lowest BCUT2D eigenvalue weighted by Gasteiger charge is -2.08. The van der Waals surface area contributed by atoms with Gasteiger partial charge in [0.05, 0.1) is 32.4 Å². The summed E-state index contributed by atoms with van der Waals surface area (Å²) in [5.41, 5.74) is 4.97. The number of ether oxygens (including phenoxy) is 3. The fourth-order valence-electron chi connectivity index (χ4n) is 3.47. The zero-order valence-electron chi connectivity index (χ0n) is 18.9. The average molecular weight is 444 g/mol. The van der Waals surface area contributed by atoms with E-state index in [0.717, 1.165) is 33.5 Å². The van der Waals surface area contributed by atoms with Crippen molar-refractivity contribution in [2.75, 3.05) is 26.6 Å². The van der Waals surface area contributed by atoms with Gasteiger partial charge in [-0.2, -0.15) is 0 Å². The molecule has 33 heavy (non-hydrogen) atoms. The summed E-state index contributed by atoms with van der Waals surface area (Å²) in [7, 11) is 4.80. The van der Waals surface area contributed by atoms with Crippen LogP contribution in [0.15, 0.2) is 60.7 Å². The molecule has 1 amide bonds. The number of rotatable bonds is 7. The number of fused-ring (bicyclic) bond motifs is 1. The molecule has 168 valence electrons. The topological polar surface area (TPSA) is 85.5 Å². The van der Waals surface area contributed by atoms with Crippen molar-refractivity contribution in [2.45, 2.75) is 6.92 Å². The molecule has 0 aliphatic rings. The zero-order valence-corrected chi connectivity index (χ0v) is 18.9. The third kappa shape index (κ3) is 4.82. The Kier molecular flexibility index (Phi) is 6.31. The standard InChI is InChI=1S/C26H25N3O4/c1-16-8-10-18(26-28-21-14-23(32-3)24(33-4)15-22(21)29-26)13-20(16)27-25(30)11-9-17-6-5-7-19(12-17)31-2/h5-15H,1-4H3,(H,27,30)(H,28,29)/b11-9+. The van der Waals surface area contributed by atoms with Gasteiger partial charge in [-0.05, 0) is 42.3 Å². The molecule has 0 saturated heterocycles. The number of benzene rings is 3. The largest absolute Gasteiger partial charge is 0.497 e. The van der Waals surface area contributed by atoms with Crippen molar-refractivity contribution in [3.63, 3.8) is 0 Å². The fourth-order valence-corrected chi connectivity index (χ4v) is 3.47. The number of anilines is 1. The highest BCUT2D eigenvalue weighted by Crippen LogP contribution is 2.33. The number of H-pyrrole nitrogens is 1. The third-order valence-electron chi connectivity index (χ3n) is 5.28. The predicted octanol–water partition coefficient (Wildman–Crippen LogP) is 5.22. The van der Waals surface area contributed by atoms with E-state index in [0.29, 0.717) is 23.0 Å². The van der Waals surface area contributed by atoms with Gasteiger partial charge >= 0.3 is 0 Å². The first-order chi connectivity index (χ1) is 16.0. The molecular formula is C26H25N3O4. The van der Waals surface area contributed by atoms with E-state index in [9.17, 15) is 4.79 Å². The number of aryl methyl sites for hydroxylation is 1. The molecule has 0 spiro atoms. The van der Waals surface area contributed by atoms with Crippen LogP contribution in [0.4, 0.5) is 5.69 Å². The van der Waals surface area contributed by atoms with Crippen molar-refractivity contribution in [3.8, 4) is 28.6 Å². The highest BCUT2D eigenvalue weighted by atomic mass is 16.5. The Labute approximate surface area is 192 Å². The molecular weight excluding hydrogens is 418 g/mol. The number of nitrogens with zero attached hydrogens (tertiary/aromatic N) is 1. The van der Waals surface area contributed by atoms with Crippen molar-refractivity contribution in [1.29, 1.82) is 0 Å². The molecule has 4 aromatic rings. The molecule has 0 radical (unpaired) electrons. The Bertz CT molecular complexity index is 1300. The normalized spacial score (nSPS) is 11.0. The second-order valence-electron chi connectivity index (χ2n) is 7.44. The molecule has 7 nitrogen and oxygen atoms in total. The van der Waals surface area contributed by atoms with Crippen molar-refractivity contribution >= 4 is 28.7 Å². The molecule has 2 N–H and O–H groups in total. The van der Waals surface area contributed by atoms with Gasteiger partial charge < -0.3 is 24.5 Å². The van der Waals surface area contributed by atoms with Gasteiger partial charge in [-0.1, -0.05) is 24.3 Å². The predicted molar refractivity (Wildman–Crippen MR) is 130 cm³/mol. The summed E-state index contributed by atoms with van der Waals surface area (Å²) in [5.74, 6) is 2.43. The van der Waals surface area contributed by atoms with Gasteiger partial charge in [0.25, 0.3) is 0 Å². The Morgan fingerprint density at radius 3 is 2.52 bits per heavy atom. The average Bonchev–Trinajstić information content (AvgIpc) is 3.26. The van der Waals surface area contributed by atoms with Crippen LogP contribution in [0.25, 0.3) is 28.5 Å². The summed E-state index contributed by atoms with van der Waals surface area (Å²) in [6.07, 6.45) is 3.25. The van der Waals surface area contributed by atoms with Crippen molar-refractivity contribution in [2.24, 2.45) is 0 Å². The molecule has 3 aromatic carbocycles. The van der Waals surface area contributed by atoms with Crippen LogP contribution in [0.2, 0.25) is 0 Å². The minimum Gasteiger partial charge on any atom is -0.497 e. The number of methoxy groups -OCH3 is 3. The number of nitrogens with one attached hydrogen (secondary N) is 2. The lowest BCUT2D eigenvalue weighted by Crippen LogP contribution is -2.09. The molecule has 0 bridgehead atoms. The first-order valence-corrected chi connectivity index (χ1v) is 10.4. The summed E-state index contributed by atoms with van der Waals surface area (Å²) < 4.78 is 16.0. The van der Waals surface area contributed by atoms with Gasteiger partial charge in [-0.3, -0.25) is 4.79 Å². The summed E-state index contributed by atoms with van der Waals surface area (Å²) in [6, 6.07) is 17.0. The van der Waals surface area contributed by atoms with Gasteiger partial charge in [0.1, 0.15) is 11.6 Å². The van der Waals surface area contributed by atoms with Gasteiger partial charge in [0.15, 0.2) is 11.5 Å². The minimum absolute atomic E-state index is 0.225. The summed E-state index contributed by atoms with van der Waals surface area (Å²) in [6.45, 7) is 1.94. The van der Waals surface area contributed by atoms with Crippen LogP contribution in [-0.2, 0) is 4.79 Å². The van der Waals surface area contributed by atoms with E-state index < -0.39 is 0 Å². The molecule has 7 heteroatoms. The number of amides is 1. The van der Waals surface area contributed by atoms with Crippen LogP contribution < -0.4 is 19.5 Å². The van der Waals surface area contributed by atoms with Crippen LogP contribution in [0, 0.1) is 6.92 Å². The van der Waals surface area contributed by atoms with E-state index in [4.69, 9.17) is 14.2 Å². The van der Waals surface area contributed by atoms with E-state index in [1.807, 2.05) is 61.5 Å². The summed E-state index contributed by atoms with van der Waals surface area (Å²) in [5, 5.41) is 2.95. The fraction of sp³-hybridized carbons (Fsp3) is 0.154. The van der Waals surface area contributed by atoms with E-state index in [1.165, 1.54) is 6.08 Å². The first kappa shape index (κ1) is 22.0. The molecule has 0 unspecified atom stereocenters. The number of hydrogen-bond donors (Lipinski definition) is 2. The summed E-state index contributed by atoms with van der Waals surface area (Å²) >= 11 is 0. The maximum Gasteiger partial charge on any atom is 0.248 e. The van der Waals surface area contributed by atoms with Gasteiger partial charge in [-0.25, -0.2) is 4.98 Å². The first-order valence-electron chi connectivity index (χ1n) is 10.4. The maximum absolute atomic E-state index is 12.5. The van der Waals surface area contributed by atoms with Gasteiger partial charge in [-0.15, -0.1) is 0 Å². The highest BCUT2D eigenvalue weighted by molar-refractivity contribution is 6.02. The van der Waals surface area contributed by atoms with Crippen LogP contribution in [0.5, 0.6) is 17.2 Å². The smallest absolute Gasteiger partial charge is 0.248 e. The molecule has 0 fully saturated rings. The van der Waals surface area contributed by atoms with Crippen molar-refractivity contribution in [1.82, 2.24) is 9.97 Å². The molecule has 0 aliphatic heterocycles. The summed E-state index contributed by atoms with van der Waals surface area (Å²) in [4.78, 5) is 20.5. The van der Waals surface area contributed by atoms with E-state index in [-0.39, 0.29) is 5.91 Å². The molecule has 1 aromatic heterocycles. The highest BCUT2D eigenvalue weighted by Gasteiger charge is 2.12. The number of carbonyl (C=O) groups is 1. The molecule has 4 rings (SSSR count). The minimum atomic E-state index is -0.225. The van der Waals surface area contributed by atoms with Gasteiger partial charge in [0.2, 0.25) is 5.91 Å². The Morgan fingerprint density at radius 2 is 1.76 bits per heavy atom. The monoisotopic (exact) mass is 443 g/mol. The van der Waals surface area contributed by atoms with Crippen LogP contribution >= 0.6 is 0 Å². The molecule has 0 aliphatic carbocycles. The SMILES string of the molecule is COc1cccc(/C=C/C(=O)Nc2cc(-c3nc4cc(OC)c(OC)cc4[nH]3)ccc2C)c1. The Balaban J connectivity index is 1.57. The number of hydrogen-bond acceptors (Lipinski definition) is 5. The van der Waals surface area contributed by atoms with Crippen molar-refractivity contribution in [3.05, 3.63) is 71.8 Å². The van der Waals surface area contributed by atoms with Crippen molar-refractivity contribution < 1.29 is 19.0 Å². The van der Waals surface area contributed by atoms with Crippen LogP contribution in [-0.4, -0.2) is 37.2 Å². The van der Waals surface area contributed by atoms with Gasteiger partial charge in [0, 0.05) is 29.5 Å². The van der Waals surface area contributed by atoms with Crippen LogP contribution in [0.1, 0.15) is 11.1 Å². The number of carbonyl (C=O) groups excluding carboxylic acids is 1.